The first-order chi connectivity index (χ1) is 7.52. The van der Waals surface area contributed by atoms with E-state index in [-0.39, 0.29) is 5.82 Å². The lowest BCUT2D eigenvalue weighted by Crippen LogP contribution is -2.51. The molecule has 1 aromatic rings. The number of carbonyl (C=O) groups excluding carboxylic acids is 1. The van der Waals surface area contributed by atoms with E-state index < -0.39 is 11.4 Å². The Balaban J connectivity index is 2.33. The number of hydrogen-bond donors (Lipinski definition) is 2. The first-order valence-electron chi connectivity index (χ1n) is 5.36. The highest BCUT2D eigenvalue weighted by Crippen LogP contribution is 2.28. The van der Waals surface area contributed by atoms with Gasteiger partial charge in [0.05, 0.1) is 0 Å². The zero-order valence-corrected chi connectivity index (χ0v) is 9.16. The van der Waals surface area contributed by atoms with E-state index in [1.165, 1.54) is 12.1 Å². The number of rotatable bonds is 4. The molecule has 0 bridgehead atoms. The molecule has 1 atom stereocenters. The van der Waals surface area contributed by atoms with E-state index in [0.717, 1.165) is 12.8 Å². The van der Waals surface area contributed by atoms with Crippen LogP contribution in [0.1, 0.15) is 25.3 Å². The molecule has 1 aliphatic carbocycles. The molecule has 3 N–H and O–H groups in total. The molecule has 4 heteroatoms. The van der Waals surface area contributed by atoms with Gasteiger partial charge in [0.2, 0.25) is 5.91 Å². The normalized spacial score (nSPS) is 19.1. The first-order valence-corrected chi connectivity index (χ1v) is 5.36. The van der Waals surface area contributed by atoms with E-state index in [4.69, 9.17) is 5.73 Å². The van der Waals surface area contributed by atoms with Crippen molar-refractivity contribution >= 4 is 5.91 Å². The molecule has 0 aliphatic heterocycles. The molecule has 1 aromatic carbocycles. The van der Waals surface area contributed by atoms with Crippen molar-refractivity contribution in [2.75, 3.05) is 0 Å². The second kappa shape index (κ2) is 3.87. The van der Waals surface area contributed by atoms with Crippen molar-refractivity contribution in [2.24, 2.45) is 5.73 Å². The fourth-order valence-electron chi connectivity index (χ4n) is 1.73. The topological polar surface area (TPSA) is 55.1 Å². The third kappa shape index (κ3) is 2.07. The van der Waals surface area contributed by atoms with Gasteiger partial charge in [-0.3, -0.25) is 10.1 Å². The van der Waals surface area contributed by atoms with E-state index in [9.17, 15) is 9.18 Å². The van der Waals surface area contributed by atoms with Crippen molar-refractivity contribution in [3.05, 3.63) is 35.6 Å². The smallest absolute Gasteiger partial charge is 0.242 e. The average Bonchev–Trinajstić information content (AvgIpc) is 3.01. The summed E-state index contributed by atoms with van der Waals surface area (Å²) in [5, 5.41) is 3.17. The van der Waals surface area contributed by atoms with Gasteiger partial charge < -0.3 is 5.73 Å². The zero-order valence-electron chi connectivity index (χ0n) is 9.16. The number of amides is 1. The predicted molar refractivity (Wildman–Crippen MR) is 59.1 cm³/mol. The molecule has 86 valence electrons. The molecule has 0 heterocycles. The Morgan fingerprint density at radius 2 is 2.25 bits per heavy atom. The third-order valence-electron chi connectivity index (χ3n) is 2.96. The molecule has 0 aromatic heterocycles. The summed E-state index contributed by atoms with van der Waals surface area (Å²) < 4.78 is 13.1. The first kappa shape index (κ1) is 11.1. The fraction of sp³-hybridized carbons (Fsp3) is 0.417. The molecule has 1 amide bonds. The van der Waals surface area contributed by atoms with Crippen LogP contribution in [0.25, 0.3) is 0 Å². The number of nitrogens with one attached hydrogen (secondary N) is 1. The molecule has 0 radical (unpaired) electrons. The highest BCUT2D eigenvalue weighted by molar-refractivity contribution is 5.85. The van der Waals surface area contributed by atoms with Gasteiger partial charge in [-0.15, -0.1) is 0 Å². The zero-order chi connectivity index (χ0) is 11.8. The molecule has 1 saturated carbocycles. The lowest BCUT2D eigenvalue weighted by molar-refractivity contribution is -0.124. The van der Waals surface area contributed by atoms with Gasteiger partial charge in [-0.1, -0.05) is 12.1 Å². The molecule has 0 saturated heterocycles. The SMILES string of the molecule is CC(NC1CC1)(C(N)=O)c1cccc(F)c1. The molecule has 3 nitrogen and oxygen atoms in total. The number of benzene rings is 1. The highest BCUT2D eigenvalue weighted by atomic mass is 19.1. The van der Waals surface area contributed by atoms with Crippen molar-refractivity contribution in [3.8, 4) is 0 Å². The number of carbonyl (C=O) groups is 1. The van der Waals surface area contributed by atoms with Crippen LogP contribution in [0.4, 0.5) is 4.39 Å². The van der Waals surface area contributed by atoms with Crippen molar-refractivity contribution in [1.82, 2.24) is 5.32 Å². The van der Waals surface area contributed by atoms with E-state index in [2.05, 4.69) is 5.32 Å². The summed E-state index contributed by atoms with van der Waals surface area (Å²) in [4.78, 5) is 11.5. The second-order valence-electron chi connectivity index (χ2n) is 4.42. The van der Waals surface area contributed by atoms with Crippen LogP contribution in [0.3, 0.4) is 0 Å². The van der Waals surface area contributed by atoms with Crippen LogP contribution in [-0.2, 0) is 10.3 Å². The van der Waals surface area contributed by atoms with Crippen LogP contribution < -0.4 is 11.1 Å². The number of nitrogens with two attached hydrogens (primary N) is 1. The fourth-order valence-corrected chi connectivity index (χ4v) is 1.73. The average molecular weight is 222 g/mol. The maximum Gasteiger partial charge on any atom is 0.242 e. The monoisotopic (exact) mass is 222 g/mol. The highest BCUT2D eigenvalue weighted by Gasteiger charge is 2.38. The van der Waals surface area contributed by atoms with Crippen molar-refractivity contribution in [3.63, 3.8) is 0 Å². The number of halogens is 1. The van der Waals surface area contributed by atoms with Gasteiger partial charge in [-0.05, 0) is 37.5 Å². The molecule has 1 fully saturated rings. The van der Waals surface area contributed by atoms with Crippen LogP contribution in [0, 0.1) is 5.82 Å². The van der Waals surface area contributed by atoms with Crippen molar-refractivity contribution in [1.29, 1.82) is 0 Å². The third-order valence-corrected chi connectivity index (χ3v) is 2.96. The molecular weight excluding hydrogens is 207 g/mol. The minimum atomic E-state index is -0.983. The Bertz CT molecular complexity index is 417. The quantitative estimate of drug-likeness (QED) is 0.806. The van der Waals surface area contributed by atoms with Crippen molar-refractivity contribution in [2.45, 2.75) is 31.3 Å². The molecule has 1 aliphatic rings. The summed E-state index contributed by atoms with van der Waals surface area (Å²) in [6.45, 7) is 1.70. The van der Waals surface area contributed by atoms with Crippen LogP contribution in [0.2, 0.25) is 0 Å². The van der Waals surface area contributed by atoms with Gasteiger partial charge in [0.1, 0.15) is 11.4 Å². The maximum absolute atomic E-state index is 13.1. The van der Waals surface area contributed by atoms with E-state index in [0.29, 0.717) is 11.6 Å². The lowest BCUT2D eigenvalue weighted by atomic mass is 9.91. The Morgan fingerprint density at radius 3 is 2.75 bits per heavy atom. The van der Waals surface area contributed by atoms with Gasteiger partial charge in [-0.2, -0.15) is 0 Å². The lowest BCUT2D eigenvalue weighted by Gasteiger charge is -2.28. The minimum absolute atomic E-state index is 0.320. The van der Waals surface area contributed by atoms with Crippen LogP contribution >= 0.6 is 0 Å². The summed E-state index contributed by atoms with van der Waals surface area (Å²) in [5.41, 5.74) is 5.00. The van der Waals surface area contributed by atoms with Gasteiger partial charge in [0.15, 0.2) is 0 Å². The Hall–Kier alpha value is -1.42. The summed E-state index contributed by atoms with van der Waals surface area (Å²) in [5.74, 6) is -0.840. The summed E-state index contributed by atoms with van der Waals surface area (Å²) in [7, 11) is 0. The molecule has 0 spiro atoms. The summed E-state index contributed by atoms with van der Waals surface area (Å²) in [6, 6.07) is 6.31. The van der Waals surface area contributed by atoms with Crippen LogP contribution in [0.5, 0.6) is 0 Å². The number of hydrogen-bond acceptors (Lipinski definition) is 2. The standard InChI is InChI=1S/C12H15FN2O/c1-12(11(14)16,15-10-5-6-10)8-3-2-4-9(13)7-8/h2-4,7,10,15H,5-6H2,1H3,(H2,14,16). The number of primary amides is 1. The maximum atomic E-state index is 13.1. The molecule has 2 rings (SSSR count). The van der Waals surface area contributed by atoms with Crippen LogP contribution in [0.15, 0.2) is 24.3 Å². The van der Waals surface area contributed by atoms with Gasteiger partial charge >= 0.3 is 0 Å². The molecular formula is C12H15FN2O. The second-order valence-corrected chi connectivity index (χ2v) is 4.42. The van der Waals surface area contributed by atoms with E-state index >= 15 is 0 Å². The minimum Gasteiger partial charge on any atom is -0.368 e. The van der Waals surface area contributed by atoms with E-state index in [1.54, 1.807) is 19.1 Å². The van der Waals surface area contributed by atoms with Gasteiger partial charge in [0, 0.05) is 6.04 Å². The van der Waals surface area contributed by atoms with Gasteiger partial charge in [0.25, 0.3) is 0 Å². The summed E-state index contributed by atoms with van der Waals surface area (Å²) >= 11 is 0. The van der Waals surface area contributed by atoms with Crippen molar-refractivity contribution < 1.29 is 9.18 Å². The molecule has 1 unspecified atom stereocenters. The Kier molecular flexibility index (Phi) is 2.68. The summed E-state index contributed by atoms with van der Waals surface area (Å²) in [6.07, 6.45) is 2.08. The van der Waals surface area contributed by atoms with Gasteiger partial charge in [-0.25, -0.2) is 4.39 Å². The predicted octanol–water partition coefficient (Wildman–Crippen LogP) is 1.28. The molecule has 16 heavy (non-hydrogen) atoms. The Morgan fingerprint density at radius 1 is 1.56 bits per heavy atom. The largest absolute Gasteiger partial charge is 0.368 e. The Labute approximate surface area is 93.8 Å². The van der Waals surface area contributed by atoms with Crippen LogP contribution in [-0.4, -0.2) is 11.9 Å². The van der Waals surface area contributed by atoms with E-state index in [1.807, 2.05) is 0 Å².